The topological polar surface area (TPSA) is 12.4 Å². The third-order valence-corrected chi connectivity index (χ3v) is 2.66. The van der Waals surface area contributed by atoms with Gasteiger partial charge in [-0.25, -0.2) is 0 Å². The van der Waals surface area contributed by atoms with Gasteiger partial charge in [0.25, 0.3) is 0 Å². The van der Waals surface area contributed by atoms with Crippen molar-refractivity contribution in [3.05, 3.63) is 47.0 Å². The summed E-state index contributed by atoms with van der Waals surface area (Å²) in [5, 5.41) is 0. The van der Waals surface area contributed by atoms with Gasteiger partial charge >= 0.3 is 0 Å². The average molecular weight is 215 g/mol. The summed E-state index contributed by atoms with van der Waals surface area (Å²) in [6.07, 6.45) is 0.985. The first-order chi connectivity index (χ1) is 7.65. The van der Waals surface area contributed by atoms with Gasteiger partial charge in [-0.3, -0.25) is 4.99 Å². The third kappa shape index (κ3) is 3.65. The van der Waals surface area contributed by atoms with Crippen molar-refractivity contribution in [1.29, 1.82) is 0 Å². The smallest absolute Gasteiger partial charge is 0.0364 e. The van der Waals surface area contributed by atoms with Crippen LogP contribution in [0.15, 0.2) is 46.5 Å². The second-order valence-electron chi connectivity index (χ2n) is 4.20. The van der Waals surface area contributed by atoms with Gasteiger partial charge in [0.05, 0.1) is 0 Å². The lowest BCUT2D eigenvalue weighted by Gasteiger charge is -2.10. The summed E-state index contributed by atoms with van der Waals surface area (Å²) in [4.78, 5) is 4.50. The molecule has 1 aromatic carbocycles. The van der Waals surface area contributed by atoms with Gasteiger partial charge in [-0.05, 0) is 45.3 Å². The second-order valence-corrected chi connectivity index (χ2v) is 4.20. The van der Waals surface area contributed by atoms with Crippen LogP contribution in [0.5, 0.6) is 0 Å². The van der Waals surface area contributed by atoms with E-state index in [1.165, 1.54) is 22.4 Å². The highest BCUT2D eigenvalue weighted by atomic mass is 14.7. The molecule has 1 heteroatoms. The van der Waals surface area contributed by atoms with E-state index in [0.29, 0.717) is 0 Å². The minimum Gasteiger partial charge on any atom is -0.290 e. The lowest BCUT2D eigenvalue weighted by molar-refractivity contribution is 1.09. The highest BCUT2D eigenvalue weighted by Crippen LogP contribution is 2.14. The van der Waals surface area contributed by atoms with E-state index in [9.17, 15) is 0 Å². The van der Waals surface area contributed by atoms with E-state index in [0.717, 1.165) is 13.0 Å². The predicted octanol–water partition coefficient (Wildman–Crippen LogP) is 4.05. The second kappa shape index (κ2) is 6.26. The summed E-state index contributed by atoms with van der Waals surface area (Å²) in [5.41, 5.74) is 5.25. The molecular formula is C15H21N. The van der Waals surface area contributed by atoms with Crippen molar-refractivity contribution in [1.82, 2.24) is 0 Å². The Morgan fingerprint density at radius 1 is 1.06 bits per heavy atom. The molecule has 86 valence electrons. The molecule has 0 saturated heterocycles. The minimum atomic E-state index is 0.859. The van der Waals surface area contributed by atoms with Crippen molar-refractivity contribution in [3.8, 4) is 0 Å². The first kappa shape index (κ1) is 12.7. The van der Waals surface area contributed by atoms with E-state index in [4.69, 9.17) is 0 Å². The zero-order valence-electron chi connectivity index (χ0n) is 10.7. The number of benzene rings is 1. The van der Waals surface area contributed by atoms with E-state index in [-0.39, 0.29) is 0 Å². The molecule has 0 radical (unpaired) electrons. The molecule has 0 aliphatic rings. The maximum absolute atomic E-state index is 4.50. The Kier molecular flexibility index (Phi) is 4.97. The van der Waals surface area contributed by atoms with Crippen molar-refractivity contribution in [2.24, 2.45) is 4.99 Å². The van der Waals surface area contributed by atoms with E-state index >= 15 is 0 Å². The molecule has 0 aliphatic carbocycles. The summed E-state index contributed by atoms with van der Waals surface area (Å²) >= 11 is 0. The zero-order chi connectivity index (χ0) is 12.0. The lowest BCUT2D eigenvalue weighted by Crippen LogP contribution is -2.04. The van der Waals surface area contributed by atoms with Gasteiger partial charge in [-0.1, -0.05) is 35.9 Å². The number of hydrogen-bond donors (Lipinski definition) is 0. The predicted molar refractivity (Wildman–Crippen MR) is 72.2 cm³/mol. The fraction of sp³-hybridized carbons (Fsp3) is 0.400. The average Bonchev–Trinajstić information content (AvgIpc) is 2.27. The van der Waals surface area contributed by atoms with Gasteiger partial charge in [-0.15, -0.1) is 0 Å². The van der Waals surface area contributed by atoms with E-state index < -0.39 is 0 Å². The quantitative estimate of drug-likeness (QED) is 0.672. The molecule has 0 bridgehead atoms. The van der Waals surface area contributed by atoms with E-state index in [2.05, 4.69) is 63.0 Å². The molecule has 16 heavy (non-hydrogen) atoms. The van der Waals surface area contributed by atoms with Crippen LogP contribution in [-0.2, 0) is 6.42 Å². The maximum Gasteiger partial charge on any atom is 0.0364 e. The standard InChI is InChI=1S/C15H21N/c1-5-16-13(4)15(12(2)3)11-14-9-7-6-8-10-14/h6-10H,5,11H2,1-4H3. The van der Waals surface area contributed by atoms with Crippen LogP contribution in [-0.4, -0.2) is 12.3 Å². The first-order valence-corrected chi connectivity index (χ1v) is 5.86. The van der Waals surface area contributed by atoms with Gasteiger partial charge in [0.2, 0.25) is 0 Å². The van der Waals surface area contributed by atoms with Crippen LogP contribution in [0.4, 0.5) is 0 Å². The molecule has 0 unspecified atom stereocenters. The Bertz CT molecular complexity index is 381. The van der Waals surface area contributed by atoms with Crippen molar-refractivity contribution < 1.29 is 0 Å². The molecular weight excluding hydrogens is 194 g/mol. The highest BCUT2D eigenvalue weighted by molar-refractivity contribution is 5.99. The molecule has 0 fully saturated rings. The highest BCUT2D eigenvalue weighted by Gasteiger charge is 2.04. The maximum atomic E-state index is 4.50. The van der Waals surface area contributed by atoms with Crippen LogP contribution in [0.3, 0.4) is 0 Å². The Morgan fingerprint density at radius 2 is 1.69 bits per heavy atom. The van der Waals surface area contributed by atoms with Crippen LogP contribution in [0.2, 0.25) is 0 Å². The molecule has 1 nitrogen and oxygen atoms in total. The Morgan fingerprint density at radius 3 is 2.19 bits per heavy atom. The monoisotopic (exact) mass is 215 g/mol. The molecule has 0 saturated carbocycles. The van der Waals surface area contributed by atoms with Crippen LogP contribution in [0.25, 0.3) is 0 Å². The molecule has 1 aromatic rings. The van der Waals surface area contributed by atoms with Gasteiger partial charge in [0.1, 0.15) is 0 Å². The van der Waals surface area contributed by atoms with Gasteiger partial charge < -0.3 is 0 Å². The molecule has 1 rings (SSSR count). The molecule has 0 amide bonds. The van der Waals surface area contributed by atoms with Crippen molar-refractivity contribution in [2.45, 2.75) is 34.1 Å². The fourth-order valence-electron chi connectivity index (χ4n) is 1.80. The molecule has 0 spiro atoms. The number of allylic oxidation sites excluding steroid dienone is 2. The van der Waals surface area contributed by atoms with Gasteiger partial charge in [-0.2, -0.15) is 0 Å². The summed E-state index contributed by atoms with van der Waals surface area (Å²) in [5.74, 6) is 0. The van der Waals surface area contributed by atoms with Crippen LogP contribution < -0.4 is 0 Å². The van der Waals surface area contributed by atoms with Crippen molar-refractivity contribution >= 4 is 5.71 Å². The Hall–Kier alpha value is -1.37. The Balaban J connectivity index is 2.91. The lowest BCUT2D eigenvalue weighted by atomic mass is 9.98. The van der Waals surface area contributed by atoms with Crippen molar-refractivity contribution in [3.63, 3.8) is 0 Å². The molecule has 0 aliphatic heterocycles. The first-order valence-electron chi connectivity index (χ1n) is 5.86. The summed E-state index contributed by atoms with van der Waals surface area (Å²) in [6, 6.07) is 10.6. The molecule has 0 N–H and O–H groups in total. The summed E-state index contributed by atoms with van der Waals surface area (Å²) in [7, 11) is 0. The molecule has 0 heterocycles. The third-order valence-electron chi connectivity index (χ3n) is 2.66. The number of nitrogens with zero attached hydrogens (tertiary/aromatic N) is 1. The van der Waals surface area contributed by atoms with Gasteiger partial charge in [0.15, 0.2) is 0 Å². The van der Waals surface area contributed by atoms with Gasteiger partial charge in [0, 0.05) is 12.3 Å². The van der Waals surface area contributed by atoms with E-state index in [1.54, 1.807) is 0 Å². The molecule has 0 atom stereocenters. The van der Waals surface area contributed by atoms with E-state index in [1.807, 2.05) is 0 Å². The van der Waals surface area contributed by atoms with Crippen LogP contribution >= 0.6 is 0 Å². The van der Waals surface area contributed by atoms with Crippen molar-refractivity contribution in [2.75, 3.05) is 6.54 Å². The molecule has 0 aromatic heterocycles. The Labute approximate surface area is 98.9 Å². The normalized spacial score (nSPS) is 11.4. The largest absolute Gasteiger partial charge is 0.290 e. The minimum absolute atomic E-state index is 0.859. The van der Waals surface area contributed by atoms with Crippen LogP contribution in [0, 0.1) is 0 Å². The zero-order valence-corrected chi connectivity index (χ0v) is 10.7. The van der Waals surface area contributed by atoms with Crippen LogP contribution in [0.1, 0.15) is 33.3 Å². The summed E-state index contributed by atoms with van der Waals surface area (Å²) in [6.45, 7) is 9.36. The number of aliphatic imine (C=N–C) groups is 1. The summed E-state index contributed by atoms with van der Waals surface area (Å²) < 4.78 is 0. The fourth-order valence-corrected chi connectivity index (χ4v) is 1.80. The SMILES string of the molecule is CCN=C(C)C(Cc1ccccc1)=C(C)C. The number of rotatable bonds is 4. The number of hydrogen-bond acceptors (Lipinski definition) is 1.